The second-order valence-electron chi connectivity index (χ2n) is 3.85. The summed E-state index contributed by atoms with van der Waals surface area (Å²) in [6, 6.07) is 2.16. The summed E-state index contributed by atoms with van der Waals surface area (Å²) in [4.78, 5) is 8.68. The van der Waals surface area contributed by atoms with E-state index >= 15 is 0 Å². The summed E-state index contributed by atoms with van der Waals surface area (Å²) < 4.78 is 0. The molecule has 1 aliphatic rings. The molecule has 1 aromatic heterocycles. The van der Waals surface area contributed by atoms with Gasteiger partial charge in [-0.25, -0.2) is 9.97 Å². The highest BCUT2D eigenvalue weighted by molar-refractivity contribution is 5.14. The fourth-order valence-corrected chi connectivity index (χ4v) is 1.41. The van der Waals surface area contributed by atoms with Crippen molar-refractivity contribution >= 4 is 0 Å². The first kappa shape index (κ1) is 8.63. The van der Waals surface area contributed by atoms with E-state index in [-0.39, 0.29) is 6.04 Å². The zero-order valence-electron chi connectivity index (χ0n) is 7.90. The maximum atomic E-state index is 5.69. The van der Waals surface area contributed by atoms with E-state index in [0.717, 1.165) is 12.2 Å². The van der Waals surface area contributed by atoms with E-state index < -0.39 is 0 Å². The molecule has 0 amide bonds. The van der Waals surface area contributed by atoms with Crippen LogP contribution in [0.3, 0.4) is 0 Å². The van der Waals surface area contributed by atoms with E-state index in [0.29, 0.717) is 5.92 Å². The van der Waals surface area contributed by atoms with Gasteiger partial charge in [-0.05, 0) is 25.8 Å². The normalized spacial score (nSPS) is 18.6. The number of hydrogen-bond acceptors (Lipinski definition) is 3. The molecule has 0 bridgehead atoms. The smallest absolute Gasteiger partial charge is 0.130 e. The zero-order valence-corrected chi connectivity index (χ0v) is 7.90. The lowest BCUT2D eigenvalue weighted by Crippen LogP contribution is -2.19. The summed E-state index contributed by atoms with van der Waals surface area (Å²) in [5.74, 6) is 1.59. The van der Waals surface area contributed by atoms with E-state index in [2.05, 4.69) is 9.97 Å². The van der Waals surface area contributed by atoms with Crippen LogP contribution in [0, 0.1) is 0 Å². The van der Waals surface area contributed by atoms with Crippen LogP contribution in [-0.2, 0) is 6.42 Å². The SMILES string of the molecule is CC(N)Cc1nccc(C2CC2)n1. The average molecular weight is 177 g/mol. The highest BCUT2D eigenvalue weighted by atomic mass is 14.9. The van der Waals surface area contributed by atoms with E-state index in [9.17, 15) is 0 Å². The topological polar surface area (TPSA) is 51.8 Å². The largest absolute Gasteiger partial charge is 0.328 e. The van der Waals surface area contributed by atoms with Crippen molar-refractivity contribution in [2.45, 2.75) is 38.1 Å². The summed E-state index contributed by atoms with van der Waals surface area (Å²) in [7, 11) is 0. The van der Waals surface area contributed by atoms with Crippen LogP contribution in [0.1, 0.15) is 37.2 Å². The van der Waals surface area contributed by atoms with Gasteiger partial charge in [0.1, 0.15) is 5.82 Å². The standard InChI is InChI=1S/C10H15N3/c1-7(11)6-10-12-5-4-9(13-10)8-2-3-8/h4-5,7-8H,2-3,6,11H2,1H3. The van der Waals surface area contributed by atoms with Crippen molar-refractivity contribution in [2.75, 3.05) is 0 Å². The van der Waals surface area contributed by atoms with Crippen molar-refractivity contribution in [3.63, 3.8) is 0 Å². The van der Waals surface area contributed by atoms with Crippen LogP contribution in [-0.4, -0.2) is 16.0 Å². The summed E-state index contributed by atoms with van der Waals surface area (Å²) in [6.07, 6.45) is 5.20. The Bertz CT molecular complexity index is 292. The molecule has 1 aliphatic carbocycles. The van der Waals surface area contributed by atoms with Gasteiger partial charge in [-0.2, -0.15) is 0 Å². The second-order valence-corrected chi connectivity index (χ2v) is 3.85. The molecule has 3 nitrogen and oxygen atoms in total. The predicted octanol–water partition coefficient (Wildman–Crippen LogP) is 1.24. The lowest BCUT2D eigenvalue weighted by molar-refractivity contribution is 0.695. The molecule has 2 rings (SSSR count). The molecule has 3 heteroatoms. The van der Waals surface area contributed by atoms with Gasteiger partial charge >= 0.3 is 0 Å². The number of rotatable bonds is 3. The Labute approximate surface area is 78.4 Å². The van der Waals surface area contributed by atoms with Crippen molar-refractivity contribution in [3.05, 3.63) is 23.8 Å². The van der Waals surface area contributed by atoms with Gasteiger partial charge in [0.15, 0.2) is 0 Å². The Morgan fingerprint density at radius 2 is 2.38 bits per heavy atom. The van der Waals surface area contributed by atoms with Crippen LogP contribution in [0.2, 0.25) is 0 Å². The van der Waals surface area contributed by atoms with Gasteiger partial charge in [-0.3, -0.25) is 0 Å². The number of nitrogens with zero attached hydrogens (tertiary/aromatic N) is 2. The molecule has 0 spiro atoms. The Balaban J connectivity index is 2.12. The molecule has 0 aliphatic heterocycles. The first-order chi connectivity index (χ1) is 6.25. The van der Waals surface area contributed by atoms with Crippen LogP contribution >= 0.6 is 0 Å². The molecule has 1 heterocycles. The van der Waals surface area contributed by atoms with E-state index in [1.807, 2.05) is 19.2 Å². The molecule has 70 valence electrons. The van der Waals surface area contributed by atoms with Gasteiger partial charge in [0.2, 0.25) is 0 Å². The third kappa shape index (κ3) is 2.25. The van der Waals surface area contributed by atoms with Crippen molar-refractivity contribution in [2.24, 2.45) is 5.73 Å². The maximum absolute atomic E-state index is 5.69. The quantitative estimate of drug-likeness (QED) is 0.755. The molecule has 1 unspecified atom stereocenters. The van der Waals surface area contributed by atoms with E-state index in [1.54, 1.807) is 0 Å². The van der Waals surface area contributed by atoms with Crippen molar-refractivity contribution in [3.8, 4) is 0 Å². The number of aromatic nitrogens is 2. The minimum absolute atomic E-state index is 0.148. The Morgan fingerprint density at radius 1 is 1.62 bits per heavy atom. The number of nitrogens with two attached hydrogens (primary N) is 1. The second kappa shape index (κ2) is 3.42. The van der Waals surface area contributed by atoms with E-state index in [1.165, 1.54) is 18.5 Å². The van der Waals surface area contributed by atoms with Crippen LogP contribution in [0.25, 0.3) is 0 Å². The fraction of sp³-hybridized carbons (Fsp3) is 0.600. The summed E-state index contributed by atoms with van der Waals surface area (Å²) in [5, 5.41) is 0. The van der Waals surface area contributed by atoms with Gasteiger partial charge in [0.05, 0.1) is 0 Å². The lowest BCUT2D eigenvalue weighted by Gasteiger charge is -2.04. The molecule has 0 saturated heterocycles. The Hall–Kier alpha value is -0.960. The molecule has 1 fully saturated rings. The fourth-order valence-electron chi connectivity index (χ4n) is 1.41. The average Bonchev–Trinajstić information content (AvgIpc) is 2.85. The van der Waals surface area contributed by atoms with Gasteiger partial charge in [-0.15, -0.1) is 0 Å². The summed E-state index contributed by atoms with van der Waals surface area (Å²) in [5.41, 5.74) is 6.89. The molecule has 1 saturated carbocycles. The van der Waals surface area contributed by atoms with Crippen molar-refractivity contribution in [1.82, 2.24) is 9.97 Å². The molecule has 1 atom stereocenters. The Morgan fingerprint density at radius 3 is 3.00 bits per heavy atom. The van der Waals surface area contributed by atoms with Crippen molar-refractivity contribution in [1.29, 1.82) is 0 Å². The van der Waals surface area contributed by atoms with Crippen LogP contribution in [0.4, 0.5) is 0 Å². The molecule has 0 aromatic carbocycles. The minimum Gasteiger partial charge on any atom is -0.328 e. The first-order valence-corrected chi connectivity index (χ1v) is 4.83. The first-order valence-electron chi connectivity index (χ1n) is 4.83. The monoisotopic (exact) mass is 177 g/mol. The molecule has 1 aromatic rings. The highest BCUT2D eigenvalue weighted by Gasteiger charge is 2.25. The molecular formula is C10H15N3. The lowest BCUT2D eigenvalue weighted by atomic mass is 10.2. The predicted molar refractivity (Wildman–Crippen MR) is 51.4 cm³/mol. The van der Waals surface area contributed by atoms with E-state index in [4.69, 9.17) is 5.73 Å². The van der Waals surface area contributed by atoms with Crippen molar-refractivity contribution < 1.29 is 0 Å². The highest BCUT2D eigenvalue weighted by Crippen LogP contribution is 2.38. The summed E-state index contributed by atoms with van der Waals surface area (Å²) >= 11 is 0. The maximum Gasteiger partial charge on any atom is 0.130 e. The minimum atomic E-state index is 0.148. The molecule has 13 heavy (non-hydrogen) atoms. The molecule has 0 radical (unpaired) electrons. The molecular weight excluding hydrogens is 162 g/mol. The van der Waals surface area contributed by atoms with Gasteiger partial charge < -0.3 is 5.73 Å². The third-order valence-electron chi connectivity index (χ3n) is 2.23. The summed E-state index contributed by atoms with van der Waals surface area (Å²) in [6.45, 7) is 1.98. The third-order valence-corrected chi connectivity index (χ3v) is 2.23. The van der Waals surface area contributed by atoms with Crippen LogP contribution in [0.5, 0.6) is 0 Å². The Kier molecular flexibility index (Phi) is 2.27. The van der Waals surface area contributed by atoms with Gasteiger partial charge in [-0.1, -0.05) is 0 Å². The number of hydrogen-bond donors (Lipinski definition) is 1. The van der Waals surface area contributed by atoms with Crippen LogP contribution in [0.15, 0.2) is 12.3 Å². The molecule has 2 N–H and O–H groups in total. The van der Waals surface area contributed by atoms with Crippen LogP contribution < -0.4 is 5.73 Å². The zero-order chi connectivity index (χ0) is 9.26. The van der Waals surface area contributed by atoms with Gasteiger partial charge in [0.25, 0.3) is 0 Å². The van der Waals surface area contributed by atoms with Gasteiger partial charge in [0, 0.05) is 30.3 Å².